The van der Waals surface area contributed by atoms with Gasteiger partial charge in [-0.3, -0.25) is 0 Å². The van der Waals surface area contributed by atoms with Crippen LogP contribution in [-0.2, 0) is 0 Å². The van der Waals surface area contributed by atoms with Crippen molar-refractivity contribution in [2.75, 3.05) is 12.4 Å². The van der Waals surface area contributed by atoms with Crippen molar-refractivity contribution in [1.82, 2.24) is 15.0 Å². The molecular weight excluding hydrogens is 324 g/mol. The van der Waals surface area contributed by atoms with Gasteiger partial charge in [0.2, 0.25) is 0 Å². The third-order valence-electron chi connectivity index (χ3n) is 1.90. The Hall–Kier alpha value is -0.850. The Morgan fingerprint density at radius 3 is 2.76 bits per heavy atom. The van der Waals surface area contributed by atoms with Crippen molar-refractivity contribution in [3.8, 4) is 0 Å². The molecule has 0 saturated carbocycles. The van der Waals surface area contributed by atoms with Crippen molar-refractivity contribution in [1.29, 1.82) is 0 Å². The van der Waals surface area contributed by atoms with E-state index in [0.29, 0.717) is 5.02 Å². The first-order valence-electron chi connectivity index (χ1n) is 4.68. The highest BCUT2D eigenvalue weighted by molar-refractivity contribution is 9.10. The highest BCUT2D eigenvalue weighted by atomic mass is 79.9. The van der Waals surface area contributed by atoms with E-state index < -0.39 is 0 Å². The zero-order valence-electron chi connectivity index (χ0n) is 8.82. The summed E-state index contributed by atoms with van der Waals surface area (Å²) in [6, 6.07) is 3.64. The molecule has 0 aliphatic carbocycles. The molecule has 0 fully saturated rings. The topological polar surface area (TPSA) is 50.7 Å². The Balaban J connectivity index is 2.27. The maximum absolute atomic E-state index is 5.78. The minimum atomic E-state index is 0.618. The molecule has 0 amide bonds. The third-order valence-corrected chi connectivity index (χ3v) is 4.09. The number of nitrogens with zero attached hydrogens (tertiary/aromatic N) is 3. The lowest BCUT2D eigenvalue weighted by molar-refractivity contribution is 1.02. The lowest BCUT2D eigenvalue weighted by Crippen LogP contribution is -1.96. The number of rotatable bonds is 3. The largest absolute Gasteiger partial charge is 0.372 e. The fraction of sp³-hybridized carbons (Fsp3) is 0.100. The summed E-state index contributed by atoms with van der Waals surface area (Å²) in [6.45, 7) is 0. The minimum Gasteiger partial charge on any atom is -0.372 e. The van der Waals surface area contributed by atoms with Crippen LogP contribution in [0.3, 0.4) is 0 Å². The number of aromatic nitrogens is 3. The maximum Gasteiger partial charge on any atom is 0.144 e. The molecule has 0 bridgehead atoms. The highest BCUT2D eigenvalue weighted by Gasteiger charge is 2.09. The molecule has 0 aromatic carbocycles. The second kappa shape index (κ2) is 5.66. The van der Waals surface area contributed by atoms with Crippen molar-refractivity contribution in [3.05, 3.63) is 34.2 Å². The predicted octanol–water partition coefficient (Wildman–Crippen LogP) is 3.48. The van der Waals surface area contributed by atoms with Crippen molar-refractivity contribution < 1.29 is 0 Å². The summed E-state index contributed by atoms with van der Waals surface area (Å²) in [5.74, 6) is 0.747. The Morgan fingerprint density at radius 1 is 1.29 bits per heavy atom. The van der Waals surface area contributed by atoms with Crippen molar-refractivity contribution in [3.63, 3.8) is 0 Å². The first-order chi connectivity index (χ1) is 8.20. The van der Waals surface area contributed by atoms with E-state index in [1.807, 2.05) is 13.1 Å². The van der Waals surface area contributed by atoms with Crippen LogP contribution < -0.4 is 5.32 Å². The van der Waals surface area contributed by atoms with E-state index in [9.17, 15) is 0 Å². The number of hydrogen-bond donors (Lipinski definition) is 1. The van der Waals surface area contributed by atoms with Gasteiger partial charge in [-0.15, -0.1) is 0 Å². The van der Waals surface area contributed by atoms with Gasteiger partial charge >= 0.3 is 0 Å². The van der Waals surface area contributed by atoms with Crippen molar-refractivity contribution in [2.45, 2.75) is 10.1 Å². The number of nitrogens with one attached hydrogen (secondary N) is 1. The van der Waals surface area contributed by atoms with Gasteiger partial charge in [0.25, 0.3) is 0 Å². The molecular formula is C10H8BrClN4S. The van der Waals surface area contributed by atoms with Crippen LogP contribution in [0.2, 0.25) is 5.02 Å². The molecule has 0 aliphatic rings. The molecule has 0 unspecified atom stereocenters. The van der Waals surface area contributed by atoms with Crippen LogP contribution in [0.25, 0.3) is 0 Å². The van der Waals surface area contributed by atoms with Gasteiger partial charge < -0.3 is 5.32 Å². The van der Waals surface area contributed by atoms with Gasteiger partial charge in [0.05, 0.1) is 9.50 Å². The molecule has 17 heavy (non-hydrogen) atoms. The average molecular weight is 332 g/mol. The number of halogens is 2. The molecule has 2 rings (SSSR count). The standard InChI is InChI=1S/C10H8BrClN4S/c1-13-9-8(11)10(16-5-15-9)17-7-3-2-6(12)4-14-7/h2-5H,1H3,(H,13,15,16). The second-order valence-corrected chi connectivity index (χ2v) is 5.25. The van der Waals surface area contributed by atoms with Crippen LogP contribution in [0.4, 0.5) is 5.82 Å². The minimum absolute atomic E-state index is 0.618. The normalized spacial score (nSPS) is 10.3. The molecule has 0 saturated heterocycles. The molecule has 0 atom stereocenters. The Kier molecular flexibility index (Phi) is 4.20. The fourth-order valence-corrected chi connectivity index (χ4v) is 2.60. The number of anilines is 1. The smallest absolute Gasteiger partial charge is 0.144 e. The summed E-state index contributed by atoms with van der Waals surface area (Å²) in [5.41, 5.74) is 0. The van der Waals surface area contributed by atoms with E-state index in [4.69, 9.17) is 11.6 Å². The van der Waals surface area contributed by atoms with Gasteiger partial charge in [0.1, 0.15) is 22.2 Å². The summed E-state index contributed by atoms with van der Waals surface area (Å²) >= 11 is 10.7. The average Bonchev–Trinajstić information content (AvgIpc) is 2.35. The van der Waals surface area contributed by atoms with Crippen molar-refractivity contribution in [2.24, 2.45) is 0 Å². The van der Waals surface area contributed by atoms with E-state index in [1.54, 1.807) is 12.3 Å². The van der Waals surface area contributed by atoms with E-state index in [0.717, 1.165) is 20.3 Å². The first-order valence-corrected chi connectivity index (χ1v) is 6.67. The van der Waals surface area contributed by atoms with E-state index in [2.05, 4.69) is 36.2 Å². The molecule has 88 valence electrons. The van der Waals surface area contributed by atoms with Gasteiger partial charge in [-0.2, -0.15) is 0 Å². The van der Waals surface area contributed by atoms with Gasteiger partial charge in [0.15, 0.2) is 0 Å². The van der Waals surface area contributed by atoms with Crippen molar-refractivity contribution >= 4 is 45.1 Å². The van der Waals surface area contributed by atoms with E-state index >= 15 is 0 Å². The summed E-state index contributed by atoms with van der Waals surface area (Å²) in [6.07, 6.45) is 3.12. The van der Waals surface area contributed by atoms with Crippen LogP contribution in [0, 0.1) is 0 Å². The van der Waals surface area contributed by atoms with Gasteiger partial charge in [0, 0.05) is 13.2 Å². The summed E-state index contributed by atoms with van der Waals surface area (Å²) in [5, 5.41) is 5.23. The summed E-state index contributed by atoms with van der Waals surface area (Å²) in [7, 11) is 1.81. The highest BCUT2D eigenvalue weighted by Crippen LogP contribution is 2.33. The third kappa shape index (κ3) is 3.08. The molecule has 1 N–H and O–H groups in total. The quantitative estimate of drug-likeness (QED) is 0.873. The first kappa shape index (κ1) is 12.6. The Bertz CT molecular complexity index is 520. The molecule has 0 spiro atoms. The van der Waals surface area contributed by atoms with E-state index in [-0.39, 0.29) is 0 Å². The van der Waals surface area contributed by atoms with Gasteiger partial charge in [-0.05, 0) is 39.8 Å². The Morgan fingerprint density at radius 2 is 2.12 bits per heavy atom. The van der Waals surface area contributed by atoms with Crippen LogP contribution in [0.5, 0.6) is 0 Å². The van der Waals surface area contributed by atoms with Crippen LogP contribution in [0.1, 0.15) is 0 Å². The van der Waals surface area contributed by atoms with Crippen LogP contribution in [0.15, 0.2) is 39.2 Å². The molecule has 2 aromatic heterocycles. The lowest BCUT2D eigenvalue weighted by atomic mass is 10.5. The molecule has 2 aromatic rings. The second-order valence-electron chi connectivity index (χ2n) is 3.01. The molecule has 7 heteroatoms. The molecule has 0 aliphatic heterocycles. The zero-order valence-corrected chi connectivity index (χ0v) is 12.0. The summed E-state index contributed by atoms with van der Waals surface area (Å²) in [4.78, 5) is 12.5. The van der Waals surface area contributed by atoms with Crippen LogP contribution >= 0.6 is 39.3 Å². The summed E-state index contributed by atoms with van der Waals surface area (Å²) < 4.78 is 0.823. The lowest BCUT2D eigenvalue weighted by Gasteiger charge is -2.06. The molecule has 0 radical (unpaired) electrons. The monoisotopic (exact) mass is 330 g/mol. The fourth-order valence-electron chi connectivity index (χ4n) is 1.12. The number of pyridine rings is 1. The SMILES string of the molecule is CNc1ncnc(Sc2ccc(Cl)cn2)c1Br. The predicted molar refractivity (Wildman–Crippen MR) is 72.6 cm³/mol. The molecule has 2 heterocycles. The van der Waals surface area contributed by atoms with Gasteiger partial charge in [-0.1, -0.05) is 11.6 Å². The maximum atomic E-state index is 5.78. The zero-order chi connectivity index (χ0) is 12.3. The van der Waals surface area contributed by atoms with Gasteiger partial charge in [-0.25, -0.2) is 15.0 Å². The number of hydrogen-bond acceptors (Lipinski definition) is 5. The van der Waals surface area contributed by atoms with Crippen LogP contribution in [-0.4, -0.2) is 22.0 Å². The molecule has 4 nitrogen and oxygen atoms in total. The van der Waals surface area contributed by atoms with E-state index in [1.165, 1.54) is 18.1 Å². The Labute approximate surface area is 116 Å².